The number of hydrogen-bond donors (Lipinski definition) is 2. The molecule has 0 radical (unpaired) electrons. The molecule has 2 amide bonds. The first kappa shape index (κ1) is 24.6. The number of benzene rings is 3. The molecule has 3 aromatic rings. The zero-order chi connectivity index (χ0) is 25.8. The van der Waals surface area contributed by atoms with E-state index in [0.29, 0.717) is 12.8 Å². The van der Waals surface area contributed by atoms with Crippen LogP contribution in [0.15, 0.2) is 78.9 Å². The normalized spacial score (nSPS) is 15.1. The number of carboxylic acids is 1. The summed E-state index contributed by atoms with van der Waals surface area (Å²) in [5.74, 6) is -1.42. The van der Waals surface area contributed by atoms with Crippen molar-refractivity contribution in [2.45, 2.75) is 43.7 Å². The highest BCUT2D eigenvalue weighted by atomic mass is 16.5. The molecule has 7 nitrogen and oxygen atoms in total. The van der Waals surface area contributed by atoms with Gasteiger partial charge in [-0.15, -0.1) is 0 Å². The maximum absolute atomic E-state index is 13.2. The van der Waals surface area contributed by atoms with Crippen LogP contribution in [-0.2, 0) is 20.9 Å². The van der Waals surface area contributed by atoms with Gasteiger partial charge in [0.15, 0.2) is 0 Å². The highest BCUT2D eigenvalue weighted by Crippen LogP contribution is 2.44. The van der Waals surface area contributed by atoms with Crippen molar-refractivity contribution in [1.29, 1.82) is 0 Å². The molecule has 0 saturated heterocycles. The zero-order valence-corrected chi connectivity index (χ0v) is 20.6. The molecule has 190 valence electrons. The van der Waals surface area contributed by atoms with Gasteiger partial charge < -0.3 is 20.1 Å². The van der Waals surface area contributed by atoms with Gasteiger partial charge in [-0.25, -0.2) is 4.79 Å². The van der Waals surface area contributed by atoms with Gasteiger partial charge in [-0.1, -0.05) is 78.9 Å². The van der Waals surface area contributed by atoms with Gasteiger partial charge >= 0.3 is 12.1 Å². The number of ether oxygens (including phenoxy) is 1. The fraction of sp³-hybridized carbons (Fsp3) is 0.300. The van der Waals surface area contributed by atoms with Crippen molar-refractivity contribution in [3.63, 3.8) is 0 Å². The predicted octanol–water partition coefficient (Wildman–Crippen LogP) is 4.95. The summed E-state index contributed by atoms with van der Waals surface area (Å²) in [6.45, 7) is 0.00474. The van der Waals surface area contributed by atoms with E-state index in [1.165, 1.54) is 4.90 Å². The minimum Gasteiger partial charge on any atom is -0.480 e. The van der Waals surface area contributed by atoms with Crippen LogP contribution in [-0.4, -0.2) is 46.7 Å². The number of carbonyl (C=O) groups excluding carboxylic acids is 2. The molecule has 37 heavy (non-hydrogen) atoms. The molecule has 0 aromatic heterocycles. The Kier molecular flexibility index (Phi) is 6.95. The summed E-state index contributed by atoms with van der Waals surface area (Å²) in [7, 11) is 0. The Hall–Kier alpha value is -4.13. The zero-order valence-electron chi connectivity index (χ0n) is 20.6. The summed E-state index contributed by atoms with van der Waals surface area (Å²) in [6, 6.07) is 25.6. The summed E-state index contributed by atoms with van der Waals surface area (Å²) in [5, 5.41) is 12.3. The minimum atomic E-state index is -1.07. The first-order valence-corrected chi connectivity index (χ1v) is 12.6. The van der Waals surface area contributed by atoms with E-state index in [1.54, 1.807) is 0 Å². The molecule has 1 fully saturated rings. The van der Waals surface area contributed by atoms with Gasteiger partial charge in [-0.05, 0) is 47.1 Å². The van der Waals surface area contributed by atoms with Crippen molar-refractivity contribution in [2.75, 3.05) is 13.2 Å². The lowest BCUT2D eigenvalue weighted by atomic mass is 9.74. The Morgan fingerprint density at radius 1 is 0.892 bits per heavy atom. The van der Waals surface area contributed by atoms with E-state index in [0.717, 1.165) is 34.2 Å². The predicted molar refractivity (Wildman–Crippen MR) is 139 cm³/mol. The second kappa shape index (κ2) is 10.5. The molecule has 0 heterocycles. The highest BCUT2D eigenvalue weighted by molar-refractivity contribution is 5.83. The largest absolute Gasteiger partial charge is 0.480 e. The number of hydrogen-bond acceptors (Lipinski definition) is 4. The van der Waals surface area contributed by atoms with Crippen LogP contribution in [0.25, 0.3) is 11.1 Å². The third-order valence-corrected chi connectivity index (χ3v) is 7.41. The molecular weight excluding hydrogens is 468 g/mol. The quantitative estimate of drug-likeness (QED) is 0.435. The van der Waals surface area contributed by atoms with Crippen LogP contribution in [0.3, 0.4) is 0 Å². The lowest BCUT2D eigenvalue weighted by molar-refractivity contribution is -0.146. The van der Waals surface area contributed by atoms with Crippen molar-refractivity contribution in [3.8, 4) is 11.1 Å². The Balaban J connectivity index is 1.23. The van der Waals surface area contributed by atoms with Crippen LogP contribution >= 0.6 is 0 Å². The summed E-state index contributed by atoms with van der Waals surface area (Å²) in [4.78, 5) is 38.8. The first-order chi connectivity index (χ1) is 17.9. The molecule has 1 saturated carbocycles. The summed E-state index contributed by atoms with van der Waals surface area (Å²) in [6.07, 6.45) is 1.66. The van der Waals surface area contributed by atoms with Crippen LogP contribution in [0.5, 0.6) is 0 Å². The summed E-state index contributed by atoms with van der Waals surface area (Å²) < 4.78 is 5.70. The molecule has 0 unspecified atom stereocenters. The third kappa shape index (κ3) is 5.35. The van der Waals surface area contributed by atoms with Crippen molar-refractivity contribution >= 4 is 18.0 Å². The van der Waals surface area contributed by atoms with Gasteiger partial charge in [-0.2, -0.15) is 0 Å². The first-order valence-electron chi connectivity index (χ1n) is 12.6. The number of rotatable bonds is 9. The number of amides is 2. The molecule has 0 spiro atoms. The maximum Gasteiger partial charge on any atom is 0.407 e. The second-order valence-electron chi connectivity index (χ2n) is 9.89. The van der Waals surface area contributed by atoms with Crippen LogP contribution in [0.2, 0.25) is 0 Å². The molecule has 0 atom stereocenters. The molecule has 3 aromatic carbocycles. The third-order valence-electron chi connectivity index (χ3n) is 7.41. The number of nitrogens with zero attached hydrogens (tertiary/aromatic N) is 1. The minimum absolute atomic E-state index is 0.0390. The molecule has 2 N–H and O–H groups in total. The average Bonchev–Trinajstić information content (AvgIpc) is 3.20. The number of nitrogens with one attached hydrogen (secondary N) is 1. The fourth-order valence-corrected chi connectivity index (χ4v) is 5.40. The lowest BCUT2D eigenvalue weighted by Crippen LogP contribution is -2.56. The highest BCUT2D eigenvalue weighted by Gasteiger charge is 2.42. The van der Waals surface area contributed by atoms with Gasteiger partial charge in [0, 0.05) is 12.5 Å². The van der Waals surface area contributed by atoms with E-state index in [1.807, 2.05) is 54.6 Å². The van der Waals surface area contributed by atoms with E-state index in [2.05, 4.69) is 29.6 Å². The van der Waals surface area contributed by atoms with Crippen LogP contribution in [0.4, 0.5) is 4.79 Å². The van der Waals surface area contributed by atoms with Crippen LogP contribution < -0.4 is 5.32 Å². The summed E-state index contributed by atoms with van der Waals surface area (Å²) >= 11 is 0. The van der Waals surface area contributed by atoms with Gasteiger partial charge in [0.05, 0.1) is 12.0 Å². The van der Waals surface area contributed by atoms with Gasteiger partial charge in [-0.3, -0.25) is 9.59 Å². The topological polar surface area (TPSA) is 95.9 Å². The Morgan fingerprint density at radius 2 is 1.49 bits per heavy atom. The molecule has 0 aliphatic heterocycles. The van der Waals surface area contributed by atoms with Crippen LogP contribution in [0.1, 0.15) is 48.3 Å². The number of carboxylic acid groups (broad SMARTS) is 1. The van der Waals surface area contributed by atoms with Crippen molar-refractivity contribution in [2.24, 2.45) is 0 Å². The molecule has 2 aliphatic rings. The van der Waals surface area contributed by atoms with E-state index in [9.17, 15) is 19.5 Å². The molecular formula is C30H30N2O5. The fourth-order valence-electron chi connectivity index (χ4n) is 5.40. The van der Waals surface area contributed by atoms with Gasteiger partial charge in [0.25, 0.3) is 0 Å². The molecule has 0 bridgehead atoms. The van der Waals surface area contributed by atoms with E-state index in [-0.39, 0.29) is 31.4 Å². The maximum atomic E-state index is 13.2. The van der Waals surface area contributed by atoms with E-state index < -0.39 is 24.1 Å². The Bertz CT molecular complexity index is 1260. The van der Waals surface area contributed by atoms with Crippen molar-refractivity contribution in [3.05, 3.63) is 95.6 Å². The van der Waals surface area contributed by atoms with E-state index >= 15 is 0 Å². The Labute approximate surface area is 216 Å². The van der Waals surface area contributed by atoms with Crippen molar-refractivity contribution < 1.29 is 24.2 Å². The molecule has 2 aliphatic carbocycles. The lowest BCUT2D eigenvalue weighted by Gasteiger charge is -2.42. The molecule has 5 rings (SSSR count). The number of fused-ring (bicyclic) bond motifs is 3. The van der Waals surface area contributed by atoms with E-state index in [4.69, 9.17) is 4.74 Å². The number of aliphatic carboxylic acids is 1. The SMILES string of the molecule is O=C(O)CN(Cc1ccccc1)C(=O)CC1(NC(=O)OCC2c3ccccc3-c3ccccc32)CCC1. The Morgan fingerprint density at radius 3 is 2.05 bits per heavy atom. The van der Waals surface area contributed by atoms with Gasteiger partial charge in [0.2, 0.25) is 5.91 Å². The van der Waals surface area contributed by atoms with Crippen molar-refractivity contribution in [1.82, 2.24) is 10.2 Å². The van der Waals surface area contributed by atoms with Gasteiger partial charge in [0.1, 0.15) is 13.2 Å². The number of alkyl carbamates (subject to hydrolysis) is 1. The van der Waals surface area contributed by atoms with Crippen LogP contribution in [0, 0.1) is 0 Å². The molecule has 7 heteroatoms. The standard InChI is InChI=1S/C30H30N2O5/c33-27(32(19-28(34)35)18-21-9-2-1-3-10-21)17-30(15-8-16-30)31-29(36)37-20-26-24-13-6-4-11-22(24)23-12-5-7-14-25(23)26/h1-7,9-14,26H,8,15-20H2,(H,31,36)(H,34,35). The number of carbonyl (C=O) groups is 3. The average molecular weight is 499 g/mol. The smallest absolute Gasteiger partial charge is 0.407 e. The second-order valence-corrected chi connectivity index (χ2v) is 9.89. The monoisotopic (exact) mass is 498 g/mol. The summed E-state index contributed by atoms with van der Waals surface area (Å²) in [5.41, 5.74) is 4.72.